The summed E-state index contributed by atoms with van der Waals surface area (Å²) in [5.74, 6) is -0.881. The Labute approximate surface area is 161 Å². The minimum Gasteiger partial charge on any atom is -0.484 e. The Balaban J connectivity index is 1.37. The molecule has 0 spiro atoms. The standard InChI is InChI=1S/C20H19FN4O3/c21-16-7-9-18(10-8-16)28-14-20(27)24-23-19(26)11-6-15-12-22-25(13-15)17-4-2-1-3-5-17/h1-5,7-10,12-13H,6,11,14H2,(H,23,26)(H,24,27). The van der Waals surface area contributed by atoms with Crippen LogP contribution in [0.4, 0.5) is 4.39 Å². The molecule has 1 aromatic heterocycles. The maximum Gasteiger partial charge on any atom is 0.276 e. The quantitative estimate of drug-likeness (QED) is 0.614. The zero-order chi connectivity index (χ0) is 19.8. The predicted molar refractivity (Wildman–Crippen MR) is 100 cm³/mol. The predicted octanol–water partition coefficient (Wildman–Crippen LogP) is 2.17. The van der Waals surface area contributed by atoms with Crippen molar-refractivity contribution in [2.24, 2.45) is 0 Å². The molecule has 3 aromatic rings. The summed E-state index contributed by atoms with van der Waals surface area (Å²) < 4.78 is 19.7. The number of para-hydroxylation sites is 1. The average Bonchev–Trinajstić information content (AvgIpc) is 3.20. The van der Waals surface area contributed by atoms with Crippen molar-refractivity contribution in [2.45, 2.75) is 12.8 Å². The molecule has 28 heavy (non-hydrogen) atoms. The maximum atomic E-state index is 12.8. The third-order valence-corrected chi connectivity index (χ3v) is 3.82. The van der Waals surface area contributed by atoms with Crippen LogP contribution < -0.4 is 15.6 Å². The first-order valence-corrected chi connectivity index (χ1v) is 8.65. The SMILES string of the molecule is O=C(CCc1cnn(-c2ccccc2)c1)NNC(=O)COc1ccc(F)cc1. The average molecular weight is 382 g/mol. The van der Waals surface area contributed by atoms with E-state index in [9.17, 15) is 14.0 Å². The first-order valence-electron chi connectivity index (χ1n) is 8.65. The molecule has 0 saturated carbocycles. The molecule has 0 radical (unpaired) electrons. The second-order valence-electron chi connectivity index (χ2n) is 5.97. The van der Waals surface area contributed by atoms with Gasteiger partial charge in [-0.15, -0.1) is 0 Å². The third kappa shape index (κ3) is 5.66. The van der Waals surface area contributed by atoms with Gasteiger partial charge in [0.25, 0.3) is 5.91 Å². The third-order valence-electron chi connectivity index (χ3n) is 3.82. The van der Waals surface area contributed by atoms with Crippen LogP contribution >= 0.6 is 0 Å². The molecule has 0 fully saturated rings. The van der Waals surface area contributed by atoms with Crippen LogP contribution in [0, 0.1) is 5.82 Å². The summed E-state index contributed by atoms with van der Waals surface area (Å²) in [7, 11) is 0. The van der Waals surface area contributed by atoms with Gasteiger partial charge in [0, 0.05) is 12.6 Å². The molecule has 0 atom stereocenters. The van der Waals surface area contributed by atoms with Crippen molar-refractivity contribution in [3.05, 3.63) is 78.4 Å². The van der Waals surface area contributed by atoms with Crippen LogP contribution in [-0.4, -0.2) is 28.2 Å². The number of hydrogen-bond acceptors (Lipinski definition) is 4. The Bertz CT molecular complexity index is 926. The van der Waals surface area contributed by atoms with E-state index in [-0.39, 0.29) is 18.9 Å². The van der Waals surface area contributed by atoms with Gasteiger partial charge in [-0.1, -0.05) is 18.2 Å². The highest BCUT2D eigenvalue weighted by Gasteiger charge is 2.08. The van der Waals surface area contributed by atoms with Crippen molar-refractivity contribution in [2.75, 3.05) is 6.61 Å². The van der Waals surface area contributed by atoms with E-state index in [1.807, 2.05) is 36.5 Å². The molecule has 8 heteroatoms. The summed E-state index contributed by atoms with van der Waals surface area (Å²) in [5.41, 5.74) is 6.45. The van der Waals surface area contributed by atoms with Gasteiger partial charge in [0.1, 0.15) is 11.6 Å². The first-order chi connectivity index (χ1) is 13.6. The fraction of sp³-hybridized carbons (Fsp3) is 0.150. The number of carbonyl (C=O) groups excluding carboxylic acids is 2. The van der Waals surface area contributed by atoms with Crippen LogP contribution in [0.1, 0.15) is 12.0 Å². The highest BCUT2D eigenvalue weighted by Crippen LogP contribution is 2.11. The summed E-state index contributed by atoms with van der Waals surface area (Å²) >= 11 is 0. The summed E-state index contributed by atoms with van der Waals surface area (Å²) in [6.45, 7) is -0.296. The van der Waals surface area contributed by atoms with E-state index in [1.54, 1.807) is 10.9 Å². The molecule has 144 valence electrons. The molecule has 0 aliphatic carbocycles. The van der Waals surface area contributed by atoms with Crippen molar-refractivity contribution >= 4 is 11.8 Å². The summed E-state index contributed by atoms with van der Waals surface area (Å²) in [4.78, 5) is 23.6. The van der Waals surface area contributed by atoms with Crippen LogP contribution in [0.3, 0.4) is 0 Å². The van der Waals surface area contributed by atoms with Gasteiger partial charge in [-0.3, -0.25) is 20.4 Å². The van der Waals surface area contributed by atoms with Crippen molar-refractivity contribution in [3.63, 3.8) is 0 Å². The van der Waals surface area contributed by atoms with E-state index in [1.165, 1.54) is 24.3 Å². The van der Waals surface area contributed by atoms with Crippen molar-refractivity contribution in [1.82, 2.24) is 20.6 Å². The molecule has 0 aliphatic rings. The Morgan fingerprint density at radius 1 is 1.00 bits per heavy atom. The molecule has 7 nitrogen and oxygen atoms in total. The lowest BCUT2D eigenvalue weighted by molar-refractivity contribution is -0.130. The van der Waals surface area contributed by atoms with Crippen molar-refractivity contribution < 1.29 is 18.7 Å². The van der Waals surface area contributed by atoms with Crippen LogP contribution in [0.2, 0.25) is 0 Å². The van der Waals surface area contributed by atoms with Crippen LogP contribution in [0.5, 0.6) is 5.75 Å². The molecule has 1 heterocycles. The lowest BCUT2D eigenvalue weighted by Crippen LogP contribution is -2.43. The Morgan fingerprint density at radius 3 is 2.46 bits per heavy atom. The van der Waals surface area contributed by atoms with E-state index in [0.717, 1.165) is 11.3 Å². The number of hydrazine groups is 1. The van der Waals surface area contributed by atoms with Gasteiger partial charge in [-0.2, -0.15) is 5.10 Å². The van der Waals surface area contributed by atoms with E-state index < -0.39 is 11.7 Å². The lowest BCUT2D eigenvalue weighted by Gasteiger charge is -2.08. The van der Waals surface area contributed by atoms with Gasteiger partial charge in [0.05, 0.1) is 11.9 Å². The molecule has 2 N–H and O–H groups in total. The minimum absolute atomic E-state index is 0.194. The Hall–Kier alpha value is -3.68. The zero-order valence-electron chi connectivity index (χ0n) is 15.0. The van der Waals surface area contributed by atoms with Gasteiger partial charge >= 0.3 is 0 Å². The van der Waals surface area contributed by atoms with Crippen LogP contribution in [0.15, 0.2) is 67.0 Å². The minimum atomic E-state index is -0.519. The number of aromatic nitrogens is 2. The number of ether oxygens (including phenoxy) is 1. The molecular formula is C20H19FN4O3. The number of nitrogens with zero attached hydrogens (tertiary/aromatic N) is 2. The van der Waals surface area contributed by atoms with E-state index >= 15 is 0 Å². The van der Waals surface area contributed by atoms with E-state index in [4.69, 9.17) is 4.74 Å². The number of rotatable bonds is 7. The zero-order valence-corrected chi connectivity index (χ0v) is 15.0. The van der Waals surface area contributed by atoms with Crippen LogP contribution in [-0.2, 0) is 16.0 Å². The van der Waals surface area contributed by atoms with Crippen molar-refractivity contribution in [3.8, 4) is 11.4 Å². The topological polar surface area (TPSA) is 85.3 Å². The Kier molecular flexibility index (Phi) is 6.35. The normalized spacial score (nSPS) is 10.3. The number of halogens is 1. The number of aryl methyl sites for hydroxylation is 1. The first kappa shape index (κ1) is 19.1. The molecule has 0 unspecified atom stereocenters. The van der Waals surface area contributed by atoms with Gasteiger partial charge in [0.2, 0.25) is 5.91 Å². The van der Waals surface area contributed by atoms with Gasteiger partial charge < -0.3 is 4.74 Å². The van der Waals surface area contributed by atoms with Crippen LogP contribution in [0.25, 0.3) is 5.69 Å². The highest BCUT2D eigenvalue weighted by molar-refractivity contribution is 5.82. The lowest BCUT2D eigenvalue weighted by atomic mass is 10.2. The smallest absolute Gasteiger partial charge is 0.276 e. The monoisotopic (exact) mass is 382 g/mol. The Morgan fingerprint density at radius 2 is 1.71 bits per heavy atom. The summed E-state index contributed by atoms with van der Waals surface area (Å²) in [6.07, 6.45) is 4.24. The second-order valence-corrected chi connectivity index (χ2v) is 5.97. The van der Waals surface area contributed by atoms with Crippen molar-refractivity contribution in [1.29, 1.82) is 0 Å². The fourth-order valence-electron chi connectivity index (χ4n) is 2.39. The summed E-state index contributed by atoms with van der Waals surface area (Å²) in [5, 5.41) is 4.27. The van der Waals surface area contributed by atoms with Gasteiger partial charge in [-0.05, 0) is 48.4 Å². The number of carbonyl (C=O) groups is 2. The molecule has 0 bridgehead atoms. The van der Waals surface area contributed by atoms with Gasteiger partial charge in [-0.25, -0.2) is 9.07 Å². The van der Waals surface area contributed by atoms with E-state index in [2.05, 4.69) is 16.0 Å². The molecule has 2 aromatic carbocycles. The number of benzene rings is 2. The largest absolute Gasteiger partial charge is 0.484 e. The number of nitrogens with one attached hydrogen (secondary N) is 2. The molecule has 0 saturated heterocycles. The number of hydrogen-bond donors (Lipinski definition) is 2. The van der Waals surface area contributed by atoms with E-state index in [0.29, 0.717) is 12.2 Å². The molecular weight excluding hydrogens is 363 g/mol. The highest BCUT2D eigenvalue weighted by atomic mass is 19.1. The fourth-order valence-corrected chi connectivity index (χ4v) is 2.39. The maximum absolute atomic E-state index is 12.8. The molecule has 3 rings (SSSR count). The number of amides is 2. The second kappa shape index (κ2) is 9.31. The van der Waals surface area contributed by atoms with Gasteiger partial charge in [0.15, 0.2) is 6.61 Å². The molecule has 0 aliphatic heterocycles. The summed E-state index contributed by atoms with van der Waals surface area (Å²) in [6, 6.07) is 14.9. The molecule has 2 amide bonds.